The van der Waals surface area contributed by atoms with Gasteiger partial charge in [-0.05, 0) is 25.8 Å². The van der Waals surface area contributed by atoms with Crippen LogP contribution in [0.5, 0.6) is 0 Å². The number of nitrogens with two attached hydrogens (primary N) is 1. The SMILES string of the molecule is CC1CCC(C(N)=O)CN1C(=O)c1cc(S)cs1. The molecule has 0 saturated carbocycles. The highest BCUT2D eigenvalue weighted by Gasteiger charge is 2.32. The summed E-state index contributed by atoms with van der Waals surface area (Å²) in [5, 5.41) is 1.83. The molecule has 2 amide bonds. The van der Waals surface area contributed by atoms with Gasteiger partial charge in [0.05, 0.1) is 10.8 Å². The summed E-state index contributed by atoms with van der Waals surface area (Å²) >= 11 is 5.58. The normalized spacial score (nSPS) is 24.0. The Bertz CT molecular complexity index is 472. The Labute approximate surface area is 116 Å². The maximum absolute atomic E-state index is 12.3. The van der Waals surface area contributed by atoms with E-state index in [-0.39, 0.29) is 23.8 Å². The second kappa shape index (κ2) is 5.32. The summed E-state index contributed by atoms with van der Waals surface area (Å²) in [5.74, 6) is -0.569. The number of thiophene rings is 1. The van der Waals surface area contributed by atoms with Gasteiger partial charge in [-0.2, -0.15) is 0 Å². The van der Waals surface area contributed by atoms with Crippen LogP contribution in [0.1, 0.15) is 29.4 Å². The summed E-state index contributed by atoms with van der Waals surface area (Å²) in [5.41, 5.74) is 5.33. The maximum atomic E-state index is 12.3. The summed E-state index contributed by atoms with van der Waals surface area (Å²) in [4.78, 5) is 26.8. The molecule has 0 bridgehead atoms. The van der Waals surface area contributed by atoms with Crippen molar-refractivity contribution in [2.75, 3.05) is 6.54 Å². The lowest BCUT2D eigenvalue weighted by atomic mass is 9.93. The van der Waals surface area contributed by atoms with E-state index in [1.165, 1.54) is 11.3 Å². The van der Waals surface area contributed by atoms with Crippen LogP contribution in [-0.2, 0) is 4.79 Å². The number of hydrogen-bond donors (Lipinski definition) is 2. The molecule has 0 aliphatic carbocycles. The molecule has 2 N–H and O–H groups in total. The largest absolute Gasteiger partial charge is 0.369 e. The molecule has 1 aliphatic rings. The highest BCUT2D eigenvalue weighted by Crippen LogP contribution is 2.26. The predicted molar refractivity (Wildman–Crippen MR) is 74.0 cm³/mol. The molecular weight excluding hydrogens is 268 g/mol. The average Bonchev–Trinajstić information content (AvgIpc) is 2.75. The lowest BCUT2D eigenvalue weighted by Crippen LogP contribution is -2.48. The van der Waals surface area contributed by atoms with Gasteiger partial charge in [-0.1, -0.05) is 0 Å². The van der Waals surface area contributed by atoms with E-state index in [0.29, 0.717) is 11.4 Å². The Morgan fingerprint density at radius 1 is 1.50 bits per heavy atom. The Balaban J connectivity index is 2.15. The van der Waals surface area contributed by atoms with Crippen molar-refractivity contribution in [2.45, 2.75) is 30.7 Å². The topological polar surface area (TPSA) is 63.4 Å². The van der Waals surface area contributed by atoms with E-state index in [4.69, 9.17) is 5.73 Å². The van der Waals surface area contributed by atoms with Gasteiger partial charge in [0.2, 0.25) is 5.91 Å². The van der Waals surface area contributed by atoms with Gasteiger partial charge in [0.15, 0.2) is 0 Å². The van der Waals surface area contributed by atoms with Crippen molar-refractivity contribution in [3.05, 3.63) is 16.3 Å². The van der Waals surface area contributed by atoms with Crippen molar-refractivity contribution in [3.8, 4) is 0 Å². The summed E-state index contributed by atoms with van der Waals surface area (Å²) in [6.07, 6.45) is 1.58. The van der Waals surface area contributed by atoms with Crippen molar-refractivity contribution in [2.24, 2.45) is 11.7 Å². The molecule has 2 heterocycles. The van der Waals surface area contributed by atoms with E-state index in [0.717, 1.165) is 17.7 Å². The van der Waals surface area contributed by atoms with Gasteiger partial charge in [0.1, 0.15) is 0 Å². The Hall–Kier alpha value is -1.01. The molecule has 0 radical (unpaired) electrons. The van der Waals surface area contributed by atoms with Crippen molar-refractivity contribution in [3.63, 3.8) is 0 Å². The van der Waals surface area contributed by atoms with Gasteiger partial charge in [0.25, 0.3) is 5.91 Å². The van der Waals surface area contributed by atoms with Gasteiger partial charge in [0, 0.05) is 22.9 Å². The molecule has 0 aromatic carbocycles. The zero-order chi connectivity index (χ0) is 13.3. The number of piperidine rings is 1. The zero-order valence-electron chi connectivity index (χ0n) is 10.1. The van der Waals surface area contributed by atoms with Crippen LogP contribution >= 0.6 is 24.0 Å². The first kappa shape index (κ1) is 13.4. The summed E-state index contributed by atoms with van der Waals surface area (Å²) in [6, 6.07) is 1.91. The van der Waals surface area contributed by atoms with Crippen molar-refractivity contribution in [1.82, 2.24) is 4.90 Å². The van der Waals surface area contributed by atoms with Crippen molar-refractivity contribution in [1.29, 1.82) is 0 Å². The number of nitrogens with zero attached hydrogens (tertiary/aromatic N) is 1. The lowest BCUT2D eigenvalue weighted by molar-refractivity contribution is -0.123. The van der Waals surface area contributed by atoms with E-state index < -0.39 is 0 Å². The second-order valence-electron chi connectivity index (χ2n) is 4.65. The van der Waals surface area contributed by atoms with Gasteiger partial charge >= 0.3 is 0 Å². The monoisotopic (exact) mass is 284 g/mol. The average molecular weight is 284 g/mol. The quantitative estimate of drug-likeness (QED) is 0.813. The van der Waals surface area contributed by atoms with Gasteiger partial charge in [-0.15, -0.1) is 24.0 Å². The number of primary amides is 1. The third-order valence-corrected chi connectivity index (χ3v) is 4.69. The first-order valence-electron chi connectivity index (χ1n) is 5.87. The van der Waals surface area contributed by atoms with Crippen molar-refractivity contribution >= 4 is 35.8 Å². The Morgan fingerprint density at radius 3 is 2.78 bits per heavy atom. The predicted octanol–water partition coefficient (Wildman–Crippen LogP) is 1.76. The van der Waals surface area contributed by atoms with Crippen LogP contribution in [0, 0.1) is 5.92 Å². The molecule has 1 saturated heterocycles. The minimum atomic E-state index is -0.319. The molecule has 1 aromatic rings. The number of amides is 2. The van der Waals surface area contributed by atoms with Gasteiger partial charge in [-0.25, -0.2) is 0 Å². The second-order valence-corrected chi connectivity index (χ2v) is 6.08. The smallest absolute Gasteiger partial charge is 0.264 e. The van der Waals surface area contributed by atoms with Crippen LogP contribution in [0.2, 0.25) is 0 Å². The number of rotatable bonds is 2. The third kappa shape index (κ3) is 2.70. The van der Waals surface area contributed by atoms with E-state index in [2.05, 4.69) is 12.6 Å². The molecule has 2 unspecified atom stereocenters. The zero-order valence-corrected chi connectivity index (χ0v) is 11.8. The van der Waals surface area contributed by atoms with E-state index in [1.54, 1.807) is 11.0 Å². The van der Waals surface area contributed by atoms with E-state index >= 15 is 0 Å². The molecule has 6 heteroatoms. The van der Waals surface area contributed by atoms with Crippen LogP contribution in [0.15, 0.2) is 16.3 Å². The maximum Gasteiger partial charge on any atom is 0.264 e. The van der Waals surface area contributed by atoms with Gasteiger partial charge < -0.3 is 10.6 Å². The van der Waals surface area contributed by atoms with E-state index in [9.17, 15) is 9.59 Å². The fourth-order valence-corrected chi connectivity index (χ4v) is 3.31. The molecular formula is C12H16N2O2S2. The first-order valence-corrected chi connectivity index (χ1v) is 7.19. The Morgan fingerprint density at radius 2 is 2.22 bits per heavy atom. The highest BCUT2D eigenvalue weighted by atomic mass is 32.1. The van der Waals surface area contributed by atoms with Crippen LogP contribution in [0.3, 0.4) is 0 Å². The minimum Gasteiger partial charge on any atom is -0.369 e. The molecule has 98 valence electrons. The molecule has 1 fully saturated rings. The van der Waals surface area contributed by atoms with Crippen LogP contribution < -0.4 is 5.73 Å². The standard InChI is InChI=1S/C12H16N2O2S2/c1-7-2-3-8(11(13)15)5-14(7)12(16)10-4-9(17)6-18-10/h4,6-8,17H,2-3,5H2,1H3,(H2,13,15). The molecule has 1 aromatic heterocycles. The fraction of sp³-hybridized carbons (Fsp3) is 0.500. The molecule has 1 aliphatic heterocycles. The Kier molecular flexibility index (Phi) is 3.97. The summed E-state index contributed by atoms with van der Waals surface area (Å²) in [6.45, 7) is 2.43. The molecule has 18 heavy (non-hydrogen) atoms. The number of carbonyl (C=O) groups is 2. The molecule has 2 atom stereocenters. The van der Waals surface area contributed by atoms with Crippen LogP contribution in [0.25, 0.3) is 0 Å². The third-order valence-electron chi connectivity index (χ3n) is 3.34. The number of likely N-dealkylation sites (tertiary alicyclic amines) is 1. The molecule has 4 nitrogen and oxygen atoms in total. The van der Waals surface area contributed by atoms with Crippen LogP contribution in [0.4, 0.5) is 0 Å². The summed E-state index contributed by atoms with van der Waals surface area (Å²) in [7, 11) is 0. The lowest BCUT2D eigenvalue weighted by Gasteiger charge is -2.36. The number of hydrogen-bond acceptors (Lipinski definition) is 4. The van der Waals surface area contributed by atoms with E-state index in [1.807, 2.05) is 12.3 Å². The van der Waals surface area contributed by atoms with Crippen molar-refractivity contribution < 1.29 is 9.59 Å². The molecule has 0 spiro atoms. The summed E-state index contributed by atoms with van der Waals surface area (Å²) < 4.78 is 0. The van der Waals surface area contributed by atoms with Gasteiger partial charge in [-0.3, -0.25) is 9.59 Å². The minimum absolute atomic E-state index is 0.0289. The first-order chi connectivity index (χ1) is 8.49. The fourth-order valence-electron chi connectivity index (χ4n) is 2.20. The number of thiol groups is 1. The number of carbonyl (C=O) groups excluding carboxylic acids is 2. The molecule has 2 rings (SSSR count). The highest BCUT2D eigenvalue weighted by molar-refractivity contribution is 7.80. The van der Waals surface area contributed by atoms with Crippen LogP contribution in [-0.4, -0.2) is 29.3 Å².